The molecule has 0 spiro atoms. The SMILES string of the molecule is COc1ccc(NC(=O)c2ccccc2)cc1Nc1nccn1-c1cc(NC2CC2)ncn1. The second-order valence-electron chi connectivity index (χ2n) is 7.66. The zero-order valence-corrected chi connectivity index (χ0v) is 18.0. The standard InChI is InChI=1S/C24H23N7O2/c1-33-20-10-9-18(29-23(32)16-5-3-2-4-6-16)13-19(20)30-24-25-11-12-31(24)22-14-21(26-15-27-22)28-17-7-8-17/h2-6,9-15,17H,7-8H2,1H3,(H,25,30)(H,29,32)(H,26,27,28). The molecular formula is C24H23N7O2. The third kappa shape index (κ3) is 4.77. The van der Waals surface area contributed by atoms with Crippen LogP contribution in [-0.2, 0) is 0 Å². The van der Waals surface area contributed by atoms with Gasteiger partial charge in [0.15, 0.2) is 0 Å². The summed E-state index contributed by atoms with van der Waals surface area (Å²) in [6.07, 6.45) is 7.36. The lowest BCUT2D eigenvalue weighted by Crippen LogP contribution is -2.12. The van der Waals surface area contributed by atoms with Gasteiger partial charge in [-0.1, -0.05) is 18.2 Å². The van der Waals surface area contributed by atoms with Gasteiger partial charge in [0.2, 0.25) is 5.95 Å². The molecule has 1 saturated carbocycles. The fourth-order valence-electron chi connectivity index (χ4n) is 3.37. The summed E-state index contributed by atoms with van der Waals surface area (Å²) in [6, 6.07) is 16.8. The number of rotatable bonds is 8. The molecule has 2 aromatic carbocycles. The smallest absolute Gasteiger partial charge is 0.255 e. The quantitative estimate of drug-likeness (QED) is 0.375. The van der Waals surface area contributed by atoms with E-state index in [2.05, 4.69) is 30.9 Å². The number of imidazole rings is 1. The lowest BCUT2D eigenvalue weighted by atomic mass is 10.2. The lowest BCUT2D eigenvalue weighted by molar-refractivity contribution is 0.102. The Labute approximate surface area is 190 Å². The predicted molar refractivity (Wildman–Crippen MR) is 126 cm³/mol. The molecule has 0 atom stereocenters. The number of nitrogens with zero attached hydrogens (tertiary/aromatic N) is 4. The Morgan fingerprint density at radius 2 is 1.91 bits per heavy atom. The van der Waals surface area contributed by atoms with E-state index in [9.17, 15) is 4.79 Å². The molecule has 0 radical (unpaired) electrons. The van der Waals surface area contributed by atoms with E-state index in [0.29, 0.717) is 40.5 Å². The highest BCUT2D eigenvalue weighted by Crippen LogP contribution is 2.31. The van der Waals surface area contributed by atoms with Crippen LogP contribution in [0.3, 0.4) is 0 Å². The van der Waals surface area contributed by atoms with Gasteiger partial charge in [0.05, 0.1) is 12.8 Å². The number of carbonyl (C=O) groups excluding carboxylic acids is 1. The van der Waals surface area contributed by atoms with Crippen LogP contribution < -0.4 is 20.7 Å². The minimum absolute atomic E-state index is 0.190. The Morgan fingerprint density at radius 1 is 1.06 bits per heavy atom. The van der Waals surface area contributed by atoms with Gasteiger partial charge in [0.1, 0.15) is 23.7 Å². The second-order valence-corrected chi connectivity index (χ2v) is 7.66. The average molecular weight is 441 g/mol. The van der Waals surface area contributed by atoms with Gasteiger partial charge in [-0.2, -0.15) is 0 Å². The molecule has 166 valence electrons. The molecule has 0 bridgehead atoms. The summed E-state index contributed by atoms with van der Waals surface area (Å²) in [5, 5.41) is 9.59. The third-order valence-corrected chi connectivity index (χ3v) is 5.21. The number of methoxy groups -OCH3 is 1. The van der Waals surface area contributed by atoms with Crippen LogP contribution >= 0.6 is 0 Å². The highest BCUT2D eigenvalue weighted by molar-refractivity contribution is 6.04. The molecule has 9 heteroatoms. The number of anilines is 4. The van der Waals surface area contributed by atoms with Crippen LogP contribution in [-0.4, -0.2) is 38.6 Å². The second kappa shape index (κ2) is 8.99. The number of carbonyl (C=O) groups is 1. The van der Waals surface area contributed by atoms with Crippen LogP contribution in [0.2, 0.25) is 0 Å². The Balaban J connectivity index is 1.39. The number of ether oxygens (including phenoxy) is 1. The summed E-state index contributed by atoms with van der Waals surface area (Å²) >= 11 is 0. The van der Waals surface area contributed by atoms with Crippen molar-refractivity contribution >= 4 is 29.0 Å². The van der Waals surface area contributed by atoms with Crippen molar-refractivity contribution in [1.29, 1.82) is 0 Å². The Hall–Kier alpha value is -4.40. The number of aromatic nitrogens is 4. The molecule has 0 unspecified atom stereocenters. The first-order valence-corrected chi connectivity index (χ1v) is 10.6. The van der Waals surface area contributed by atoms with Gasteiger partial charge in [0.25, 0.3) is 5.91 Å². The van der Waals surface area contributed by atoms with Crippen molar-refractivity contribution in [2.45, 2.75) is 18.9 Å². The van der Waals surface area contributed by atoms with Crippen LogP contribution in [0, 0.1) is 0 Å². The van der Waals surface area contributed by atoms with Crippen molar-refractivity contribution in [3.63, 3.8) is 0 Å². The number of nitrogens with one attached hydrogen (secondary N) is 3. The van der Waals surface area contributed by atoms with E-state index in [-0.39, 0.29) is 5.91 Å². The normalized spacial score (nSPS) is 12.8. The fraction of sp³-hybridized carbons (Fsp3) is 0.167. The van der Waals surface area contributed by atoms with Gasteiger partial charge in [0, 0.05) is 35.8 Å². The van der Waals surface area contributed by atoms with Gasteiger partial charge >= 0.3 is 0 Å². The van der Waals surface area contributed by atoms with Crippen LogP contribution in [0.5, 0.6) is 5.75 Å². The molecule has 2 aromatic heterocycles. The first-order valence-electron chi connectivity index (χ1n) is 10.6. The third-order valence-electron chi connectivity index (χ3n) is 5.21. The Kier molecular flexibility index (Phi) is 5.59. The summed E-state index contributed by atoms with van der Waals surface area (Å²) in [5.74, 6) is 2.44. The summed E-state index contributed by atoms with van der Waals surface area (Å²) in [5.41, 5.74) is 1.86. The van der Waals surface area contributed by atoms with Crippen LogP contribution in [0.25, 0.3) is 5.82 Å². The van der Waals surface area contributed by atoms with Crippen molar-refractivity contribution in [2.24, 2.45) is 0 Å². The molecular weight excluding hydrogens is 418 g/mol. The molecule has 1 amide bonds. The summed E-state index contributed by atoms with van der Waals surface area (Å²) in [7, 11) is 1.59. The summed E-state index contributed by atoms with van der Waals surface area (Å²) in [4.78, 5) is 25.7. The molecule has 5 rings (SSSR count). The molecule has 1 fully saturated rings. The van der Waals surface area contributed by atoms with Crippen molar-refractivity contribution < 1.29 is 9.53 Å². The highest BCUT2D eigenvalue weighted by atomic mass is 16.5. The first kappa shape index (κ1) is 20.5. The molecule has 4 aromatic rings. The minimum atomic E-state index is -0.190. The van der Waals surface area contributed by atoms with Gasteiger partial charge in [-0.25, -0.2) is 15.0 Å². The number of hydrogen-bond acceptors (Lipinski definition) is 7. The van der Waals surface area contributed by atoms with E-state index in [1.165, 1.54) is 6.33 Å². The maximum absolute atomic E-state index is 12.5. The number of amides is 1. The number of hydrogen-bond donors (Lipinski definition) is 3. The monoisotopic (exact) mass is 441 g/mol. The highest BCUT2D eigenvalue weighted by Gasteiger charge is 2.21. The van der Waals surface area contributed by atoms with Crippen molar-refractivity contribution in [1.82, 2.24) is 19.5 Å². The van der Waals surface area contributed by atoms with E-state index >= 15 is 0 Å². The predicted octanol–water partition coefficient (Wildman–Crippen LogP) is 4.24. The van der Waals surface area contributed by atoms with Gasteiger partial charge in [-0.15, -0.1) is 0 Å². The first-order chi connectivity index (χ1) is 16.2. The molecule has 0 saturated heterocycles. The maximum Gasteiger partial charge on any atom is 0.255 e. The number of benzene rings is 2. The van der Waals surface area contributed by atoms with Gasteiger partial charge in [-0.3, -0.25) is 9.36 Å². The molecule has 0 aliphatic heterocycles. The van der Waals surface area contributed by atoms with Gasteiger partial charge in [-0.05, 0) is 43.2 Å². The van der Waals surface area contributed by atoms with Crippen molar-refractivity contribution in [2.75, 3.05) is 23.1 Å². The van der Waals surface area contributed by atoms with E-state index in [1.54, 1.807) is 43.6 Å². The summed E-state index contributed by atoms with van der Waals surface area (Å²) in [6.45, 7) is 0. The van der Waals surface area contributed by atoms with Crippen LogP contribution in [0.4, 0.5) is 23.1 Å². The van der Waals surface area contributed by atoms with Crippen molar-refractivity contribution in [3.8, 4) is 11.6 Å². The van der Waals surface area contributed by atoms with E-state index in [1.807, 2.05) is 35.0 Å². The van der Waals surface area contributed by atoms with E-state index < -0.39 is 0 Å². The average Bonchev–Trinajstić information content (AvgIpc) is 3.54. The molecule has 3 N–H and O–H groups in total. The van der Waals surface area contributed by atoms with Crippen LogP contribution in [0.1, 0.15) is 23.2 Å². The van der Waals surface area contributed by atoms with Gasteiger partial charge < -0.3 is 20.7 Å². The molecule has 2 heterocycles. The Morgan fingerprint density at radius 3 is 2.70 bits per heavy atom. The minimum Gasteiger partial charge on any atom is -0.495 e. The maximum atomic E-state index is 12.5. The fourth-order valence-corrected chi connectivity index (χ4v) is 3.37. The van der Waals surface area contributed by atoms with Crippen molar-refractivity contribution in [3.05, 3.63) is 78.9 Å². The molecule has 33 heavy (non-hydrogen) atoms. The van der Waals surface area contributed by atoms with E-state index in [0.717, 1.165) is 18.7 Å². The zero-order chi connectivity index (χ0) is 22.6. The lowest BCUT2D eigenvalue weighted by Gasteiger charge is -2.14. The Bertz CT molecular complexity index is 1270. The molecule has 1 aliphatic rings. The zero-order valence-electron chi connectivity index (χ0n) is 18.0. The molecule has 1 aliphatic carbocycles. The topological polar surface area (TPSA) is 106 Å². The molecule has 9 nitrogen and oxygen atoms in total. The largest absolute Gasteiger partial charge is 0.495 e. The van der Waals surface area contributed by atoms with Crippen LogP contribution in [0.15, 0.2) is 73.3 Å². The summed E-state index contributed by atoms with van der Waals surface area (Å²) < 4.78 is 7.33. The van der Waals surface area contributed by atoms with E-state index in [4.69, 9.17) is 4.74 Å².